The van der Waals surface area contributed by atoms with Crippen molar-refractivity contribution >= 4 is 46.8 Å². The van der Waals surface area contributed by atoms with Gasteiger partial charge in [-0.2, -0.15) is 0 Å². The van der Waals surface area contributed by atoms with Gasteiger partial charge in [-0.1, -0.05) is 17.7 Å². The molecule has 9 nitrogen and oxygen atoms in total. The first kappa shape index (κ1) is 22.6. The molecule has 0 aliphatic heterocycles. The minimum absolute atomic E-state index is 0.0570. The molecule has 3 N–H and O–H groups in total. The molecule has 0 saturated heterocycles. The van der Waals surface area contributed by atoms with Crippen LogP contribution in [0, 0.1) is 17.0 Å². The smallest absolute Gasteiger partial charge is 0.269 e. The summed E-state index contributed by atoms with van der Waals surface area (Å²) in [6, 6.07) is 10.7. The highest BCUT2D eigenvalue weighted by Crippen LogP contribution is 2.23. The normalized spacial score (nSPS) is 10.5. The second kappa shape index (κ2) is 10.7. The Morgan fingerprint density at radius 3 is 2.37 bits per heavy atom. The SMILES string of the molecule is Cc1c(Cl)cccc1NC(=O)CCC(=O)NNC(=O)/C=C/c1ccc([N+](=O)[O-])cc1. The summed E-state index contributed by atoms with van der Waals surface area (Å²) in [6.07, 6.45) is 2.39. The molecule has 3 amide bonds. The summed E-state index contributed by atoms with van der Waals surface area (Å²) in [5, 5.41) is 13.8. The molecule has 0 radical (unpaired) electrons. The van der Waals surface area contributed by atoms with Crippen LogP contribution in [0.3, 0.4) is 0 Å². The first-order chi connectivity index (χ1) is 14.3. The van der Waals surface area contributed by atoms with Crippen LogP contribution >= 0.6 is 11.6 Å². The zero-order chi connectivity index (χ0) is 22.1. The summed E-state index contributed by atoms with van der Waals surface area (Å²) in [5.74, 6) is -1.49. The van der Waals surface area contributed by atoms with Crippen LogP contribution in [-0.4, -0.2) is 22.6 Å². The third-order valence-corrected chi connectivity index (χ3v) is 4.39. The van der Waals surface area contributed by atoms with Gasteiger partial charge < -0.3 is 5.32 Å². The van der Waals surface area contributed by atoms with E-state index in [1.165, 1.54) is 30.3 Å². The predicted octanol–water partition coefficient (Wildman–Crippen LogP) is 3.14. The summed E-state index contributed by atoms with van der Waals surface area (Å²) in [6.45, 7) is 1.77. The maximum absolute atomic E-state index is 12.0. The number of hydrogen-bond acceptors (Lipinski definition) is 5. The van der Waals surface area contributed by atoms with Crippen LogP contribution in [0.4, 0.5) is 11.4 Å². The maximum Gasteiger partial charge on any atom is 0.269 e. The average Bonchev–Trinajstić information content (AvgIpc) is 2.72. The third kappa shape index (κ3) is 7.02. The monoisotopic (exact) mass is 430 g/mol. The van der Waals surface area contributed by atoms with Gasteiger partial charge in [-0.25, -0.2) is 0 Å². The third-order valence-electron chi connectivity index (χ3n) is 3.98. The molecular formula is C20H19ClN4O5. The van der Waals surface area contributed by atoms with Gasteiger partial charge in [0, 0.05) is 41.8 Å². The number of anilines is 1. The van der Waals surface area contributed by atoms with Gasteiger partial charge in [-0.15, -0.1) is 0 Å². The Labute approximate surface area is 177 Å². The van der Waals surface area contributed by atoms with E-state index >= 15 is 0 Å². The largest absolute Gasteiger partial charge is 0.326 e. The minimum atomic E-state index is -0.597. The Bertz CT molecular complexity index is 989. The van der Waals surface area contributed by atoms with E-state index in [9.17, 15) is 24.5 Å². The number of carbonyl (C=O) groups is 3. The Balaban J connectivity index is 1.73. The Morgan fingerprint density at radius 1 is 1.03 bits per heavy atom. The van der Waals surface area contributed by atoms with E-state index in [2.05, 4.69) is 16.2 Å². The molecule has 2 aromatic carbocycles. The van der Waals surface area contributed by atoms with Crippen molar-refractivity contribution in [2.75, 3.05) is 5.32 Å². The highest BCUT2D eigenvalue weighted by Gasteiger charge is 2.10. The lowest BCUT2D eigenvalue weighted by atomic mass is 10.2. The van der Waals surface area contributed by atoms with Crippen molar-refractivity contribution in [1.82, 2.24) is 10.9 Å². The fourth-order valence-corrected chi connectivity index (χ4v) is 2.47. The number of benzene rings is 2. The molecule has 2 rings (SSSR count). The molecule has 156 valence electrons. The molecule has 0 unspecified atom stereocenters. The molecule has 2 aromatic rings. The molecule has 30 heavy (non-hydrogen) atoms. The first-order valence-corrected chi connectivity index (χ1v) is 9.20. The van der Waals surface area contributed by atoms with Crippen LogP contribution in [0.2, 0.25) is 5.02 Å². The van der Waals surface area contributed by atoms with E-state index in [0.29, 0.717) is 16.3 Å². The van der Waals surface area contributed by atoms with Crippen molar-refractivity contribution in [1.29, 1.82) is 0 Å². The van der Waals surface area contributed by atoms with E-state index in [-0.39, 0.29) is 24.4 Å². The van der Waals surface area contributed by atoms with Gasteiger partial charge in [0.05, 0.1) is 4.92 Å². The van der Waals surface area contributed by atoms with Crippen LogP contribution in [0.5, 0.6) is 0 Å². The Kier molecular flexibility index (Phi) is 8.07. The van der Waals surface area contributed by atoms with Crippen LogP contribution < -0.4 is 16.2 Å². The van der Waals surface area contributed by atoms with Crippen molar-refractivity contribution in [3.8, 4) is 0 Å². The van der Waals surface area contributed by atoms with Gasteiger partial charge >= 0.3 is 0 Å². The first-order valence-electron chi connectivity index (χ1n) is 8.82. The zero-order valence-electron chi connectivity index (χ0n) is 16.0. The number of rotatable bonds is 7. The second-order valence-corrected chi connectivity index (χ2v) is 6.59. The summed E-state index contributed by atoms with van der Waals surface area (Å²) < 4.78 is 0. The second-order valence-electron chi connectivity index (χ2n) is 6.18. The number of hydrogen-bond donors (Lipinski definition) is 3. The highest BCUT2D eigenvalue weighted by molar-refractivity contribution is 6.31. The molecule has 0 aliphatic rings. The van der Waals surface area contributed by atoms with Gasteiger partial charge in [0.25, 0.3) is 11.6 Å². The number of hydrazine groups is 1. The van der Waals surface area contributed by atoms with Crippen LogP contribution in [-0.2, 0) is 14.4 Å². The van der Waals surface area contributed by atoms with Gasteiger partial charge in [0.1, 0.15) is 0 Å². The van der Waals surface area contributed by atoms with Crippen molar-refractivity contribution in [3.05, 3.63) is 74.8 Å². The van der Waals surface area contributed by atoms with Crippen molar-refractivity contribution in [2.45, 2.75) is 19.8 Å². The van der Waals surface area contributed by atoms with Gasteiger partial charge in [-0.05, 0) is 48.4 Å². The fourth-order valence-electron chi connectivity index (χ4n) is 2.30. The summed E-state index contributed by atoms with van der Waals surface area (Å²) in [7, 11) is 0. The Morgan fingerprint density at radius 2 is 1.70 bits per heavy atom. The van der Waals surface area contributed by atoms with Gasteiger partial charge in [0.15, 0.2) is 0 Å². The topological polar surface area (TPSA) is 130 Å². The summed E-state index contributed by atoms with van der Waals surface area (Å²) >= 11 is 5.99. The molecule has 0 atom stereocenters. The molecule has 0 heterocycles. The lowest BCUT2D eigenvalue weighted by Crippen LogP contribution is -2.41. The standard InChI is InChI=1S/C20H19ClN4O5/c1-13-16(21)3-2-4-17(13)22-18(26)11-12-20(28)24-23-19(27)10-7-14-5-8-15(9-6-14)25(29)30/h2-10H,11-12H2,1H3,(H,22,26)(H,23,27)(H,24,28)/b10-7+. The number of halogens is 1. The van der Waals surface area contributed by atoms with E-state index in [4.69, 9.17) is 11.6 Å². The Hall–Kier alpha value is -3.72. The average molecular weight is 431 g/mol. The van der Waals surface area contributed by atoms with Crippen LogP contribution in [0.1, 0.15) is 24.0 Å². The molecule has 0 bridgehead atoms. The van der Waals surface area contributed by atoms with Gasteiger partial charge in [-0.3, -0.25) is 35.3 Å². The van der Waals surface area contributed by atoms with Crippen LogP contribution in [0.25, 0.3) is 6.08 Å². The zero-order valence-corrected chi connectivity index (χ0v) is 16.7. The number of nitro groups is 1. The van der Waals surface area contributed by atoms with Crippen LogP contribution in [0.15, 0.2) is 48.5 Å². The van der Waals surface area contributed by atoms with E-state index < -0.39 is 16.7 Å². The van der Waals surface area contributed by atoms with E-state index in [0.717, 1.165) is 11.6 Å². The fraction of sp³-hybridized carbons (Fsp3) is 0.150. The van der Waals surface area contributed by atoms with Crippen molar-refractivity contribution in [2.24, 2.45) is 0 Å². The quantitative estimate of drug-likeness (QED) is 0.353. The summed E-state index contributed by atoms with van der Waals surface area (Å²) in [4.78, 5) is 45.6. The molecule has 0 saturated carbocycles. The van der Waals surface area contributed by atoms with Crippen molar-refractivity contribution < 1.29 is 19.3 Å². The number of amides is 3. The minimum Gasteiger partial charge on any atom is -0.326 e. The maximum atomic E-state index is 12.0. The number of non-ortho nitro benzene ring substituents is 1. The molecule has 0 aliphatic carbocycles. The predicted molar refractivity (Wildman–Crippen MR) is 112 cm³/mol. The summed E-state index contributed by atoms with van der Waals surface area (Å²) in [5.41, 5.74) is 6.21. The van der Waals surface area contributed by atoms with Crippen molar-refractivity contribution in [3.63, 3.8) is 0 Å². The number of nitrogens with one attached hydrogen (secondary N) is 3. The molecule has 0 aromatic heterocycles. The highest BCUT2D eigenvalue weighted by atomic mass is 35.5. The molecular weight excluding hydrogens is 412 g/mol. The molecule has 0 spiro atoms. The van der Waals surface area contributed by atoms with E-state index in [1.54, 1.807) is 25.1 Å². The molecule has 10 heteroatoms. The van der Waals surface area contributed by atoms with E-state index in [1.807, 2.05) is 0 Å². The lowest BCUT2D eigenvalue weighted by Gasteiger charge is -2.09. The number of nitro benzene ring substituents is 1. The number of nitrogens with zero attached hydrogens (tertiary/aromatic N) is 1. The molecule has 0 fully saturated rings. The number of carbonyl (C=O) groups excluding carboxylic acids is 3. The van der Waals surface area contributed by atoms with Gasteiger partial charge in [0.2, 0.25) is 11.8 Å². The lowest BCUT2D eigenvalue weighted by molar-refractivity contribution is -0.384.